The maximum Gasteiger partial charge on any atom is 0.355 e. The Bertz CT molecular complexity index is 630. The van der Waals surface area contributed by atoms with Gasteiger partial charge < -0.3 is 10.6 Å². The van der Waals surface area contributed by atoms with Gasteiger partial charge in [-0.3, -0.25) is 0 Å². The van der Waals surface area contributed by atoms with Crippen molar-refractivity contribution in [1.29, 1.82) is 5.26 Å². The molecule has 0 heterocycles. The van der Waals surface area contributed by atoms with Crippen molar-refractivity contribution in [3.8, 4) is 6.07 Å². The molecular formula is C15H17N3O2. The fraction of sp³-hybridized carbons (Fsp3) is 0.400. The van der Waals surface area contributed by atoms with Gasteiger partial charge in [0.1, 0.15) is 0 Å². The Balaban J connectivity index is 2.10. The van der Waals surface area contributed by atoms with E-state index in [9.17, 15) is 4.79 Å². The van der Waals surface area contributed by atoms with E-state index >= 15 is 0 Å². The van der Waals surface area contributed by atoms with Crippen LogP contribution in [-0.2, 0) is 9.63 Å². The van der Waals surface area contributed by atoms with Crippen molar-refractivity contribution in [3.05, 3.63) is 34.9 Å². The maximum absolute atomic E-state index is 11.8. The Morgan fingerprint density at radius 1 is 1.50 bits per heavy atom. The third kappa shape index (κ3) is 2.37. The van der Waals surface area contributed by atoms with E-state index in [1.54, 1.807) is 0 Å². The zero-order valence-corrected chi connectivity index (χ0v) is 11.8. The Hall–Kier alpha value is -2.35. The van der Waals surface area contributed by atoms with Gasteiger partial charge in [-0.2, -0.15) is 5.26 Å². The first kappa shape index (κ1) is 14.1. The smallest absolute Gasteiger partial charge is 0.355 e. The number of nitrogens with zero attached hydrogens (tertiary/aromatic N) is 2. The molecule has 2 rings (SSSR count). The van der Waals surface area contributed by atoms with Crippen LogP contribution in [-0.4, -0.2) is 11.8 Å². The predicted octanol–water partition coefficient (Wildman–Crippen LogP) is 2.02. The lowest BCUT2D eigenvalue weighted by Crippen LogP contribution is -2.20. The molecule has 1 fully saturated rings. The summed E-state index contributed by atoms with van der Waals surface area (Å²) in [6.45, 7) is 5.80. The van der Waals surface area contributed by atoms with E-state index in [0.29, 0.717) is 12.0 Å². The molecule has 0 amide bonds. The number of oxime groups is 1. The second-order valence-corrected chi connectivity index (χ2v) is 5.34. The molecule has 0 aliphatic heterocycles. The molecule has 0 spiro atoms. The third-order valence-electron chi connectivity index (χ3n) is 3.90. The van der Waals surface area contributed by atoms with Gasteiger partial charge in [0.2, 0.25) is 0 Å². The lowest BCUT2D eigenvalue weighted by atomic mass is 10.1. The first-order valence-electron chi connectivity index (χ1n) is 6.44. The molecule has 0 bridgehead atoms. The van der Waals surface area contributed by atoms with Gasteiger partial charge in [0.25, 0.3) is 0 Å². The summed E-state index contributed by atoms with van der Waals surface area (Å²) < 4.78 is 0. The Kier molecular flexibility index (Phi) is 3.49. The summed E-state index contributed by atoms with van der Waals surface area (Å²) in [6.07, 6.45) is 0.515. The van der Waals surface area contributed by atoms with Crippen LogP contribution in [0.3, 0.4) is 0 Å². The number of aryl methyl sites for hydroxylation is 2. The highest BCUT2D eigenvalue weighted by Gasteiger charge is 2.60. The molecule has 5 heteroatoms. The number of hydrogen-bond donors (Lipinski definition) is 1. The molecule has 1 aliphatic rings. The molecule has 2 atom stereocenters. The van der Waals surface area contributed by atoms with Gasteiger partial charge in [0.05, 0.1) is 6.07 Å². The topological polar surface area (TPSA) is 88.5 Å². The van der Waals surface area contributed by atoms with E-state index in [0.717, 1.165) is 11.1 Å². The van der Waals surface area contributed by atoms with E-state index < -0.39 is 11.4 Å². The van der Waals surface area contributed by atoms with Crippen molar-refractivity contribution in [2.75, 3.05) is 0 Å². The normalized spacial score (nSPS) is 24.9. The standard InChI is InChI=1S/C15H17N3O2/c1-9-4-5-12(6-10(9)2)13(17)18-20-14(19)15(8-16)7-11(15)3/h4-6,11H,7H2,1-3H3,(H2,17,18). The van der Waals surface area contributed by atoms with Crippen molar-refractivity contribution in [2.24, 2.45) is 22.2 Å². The minimum Gasteiger partial charge on any atom is -0.380 e. The third-order valence-corrected chi connectivity index (χ3v) is 3.90. The average molecular weight is 271 g/mol. The molecule has 0 saturated heterocycles. The fourth-order valence-electron chi connectivity index (χ4n) is 2.04. The van der Waals surface area contributed by atoms with Crippen molar-refractivity contribution in [3.63, 3.8) is 0 Å². The Morgan fingerprint density at radius 3 is 2.65 bits per heavy atom. The second-order valence-electron chi connectivity index (χ2n) is 5.34. The van der Waals surface area contributed by atoms with Crippen molar-refractivity contribution in [1.82, 2.24) is 0 Å². The second kappa shape index (κ2) is 4.97. The van der Waals surface area contributed by atoms with Crippen LogP contribution in [0.4, 0.5) is 0 Å². The fourth-order valence-corrected chi connectivity index (χ4v) is 2.04. The zero-order valence-electron chi connectivity index (χ0n) is 11.8. The molecule has 104 valence electrons. The van der Waals surface area contributed by atoms with Gasteiger partial charge in [-0.25, -0.2) is 4.79 Å². The van der Waals surface area contributed by atoms with E-state index in [1.165, 1.54) is 0 Å². The number of carbonyl (C=O) groups excluding carboxylic acids is 1. The molecule has 5 nitrogen and oxygen atoms in total. The molecule has 2 unspecified atom stereocenters. The molecule has 0 aromatic heterocycles. The molecule has 0 radical (unpaired) electrons. The summed E-state index contributed by atoms with van der Waals surface area (Å²) in [5, 5.41) is 12.7. The van der Waals surface area contributed by atoms with Crippen LogP contribution < -0.4 is 5.73 Å². The van der Waals surface area contributed by atoms with E-state index in [1.807, 2.05) is 45.0 Å². The van der Waals surface area contributed by atoms with Crippen molar-refractivity contribution >= 4 is 11.8 Å². The average Bonchev–Trinajstić information content (AvgIpc) is 3.10. The largest absolute Gasteiger partial charge is 0.380 e. The summed E-state index contributed by atoms with van der Waals surface area (Å²) in [6, 6.07) is 7.61. The molecule has 2 N–H and O–H groups in total. The first-order chi connectivity index (χ1) is 9.40. The minimum atomic E-state index is -1.03. The molecule has 1 saturated carbocycles. The van der Waals surface area contributed by atoms with Gasteiger partial charge in [-0.05, 0) is 43.4 Å². The molecular weight excluding hydrogens is 254 g/mol. The highest BCUT2D eigenvalue weighted by atomic mass is 16.7. The summed E-state index contributed by atoms with van der Waals surface area (Å²) in [5.74, 6) is -0.486. The quantitative estimate of drug-likeness (QED) is 0.394. The SMILES string of the molecule is Cc1ccc(C(N)=NOC(=O)C2(C#N)CC2C)cc1C. The molecule has 1 aliphatic carbocycles. The van der Waals surface area contributed by atoms with Crippen LogP contribution in [0.15, 0.2) is 23.4 Å². The Labute approximate surface area is 118 Å². The maximum atomic E-state index is 11.8. The van der Waals surface area contributed by atoms with Gasteiger partial charge in [-0.15, -0.1) is 0 Å². The lowest BCUT2D eigenvalue weighted by Gasteiger charge is -2.06. The van der Waals surface area contributed by atoms with E-state index in [-0.39, 0.29) is 11.8 Å². The van der Waals surface area contributed by atoms with Crippen LogP contribution in [0.25, 0.3) is 0 Å². The molecule has 20 heavy (non-hydrogen) atoms. The molecule has 1 aromatic rings. The van der Waals surface area contributed by atoms with Gasteiger partial charge in [-0.1, -0.05) is 24.2 Å². The monoisotopic (exact) mass is 271 g/mol. The number of hydrogen-bond acceptors (Lipinski definition) is 4. The number of benzene rings is 1. The van der Waals surface area contributed by atoms with Crippen LogP contribution >= 0.6 is 0 Å². The van der Waals surface area contributed by atoms with E-state index in [4.69, 9.17) is 15.8 Å². The van der Waals surface area contributed by atoms with Crippen molar-refractivity contribution in [2.45, 2.75) is 27.2 Å². The highest BCUT2D eigenvalue weighted by molar-refractivity contribution is 5.98. The number of amidine groups is 1. The van der Waals surface area contributed by atoms with Crippen LogP contribution in [0.1, 0.15) is 30.0 Å². The van der Waals surface area contributed by atoms with Gasteiger partial charge in [0, 0.05) is 5.56 Å². The number of carbonyl (C=O) groups is 1. The van der Waals surface area contributed by atoms with Crippen LogP contribution in [0, 0.1) is 36.5 Å². The predicted molar refractivity (Wildman–Crippen MR) is 74.6 cm³/mol. The summed E-state index contributed by atoms with van der Waals surface area (Å²) in [4.78, 5) is 16.6. The molecule has 1 aromatic carbocycles. The highest BCUT2D eigenvalue weighted by Crippen LogP contribution is 2.52. The van der Waals surface area contributed by atoms with Crippen molar-refractivity contribution < 1.29 is 9.63 Å². The first-order valence-corrected chi connectivity index (χ1v) is 6.44. The number of rotatable bonds is 3. The number of nitriles is 1. The summed E-state index contributed by atoms with van der Waals surface area (Å²) >= 11 is 0. The van der Waals surface area contributed by atoms with Gasteiger partial charge >= 0.3 is 5.97 Å². The summed E-state index contributed by atoms with van der Waals surface area (Å²) in [5.41, 5.74) is 7.67. The minimum absolute atomic E-state index is 0.0121. The number of nitrogens with two attached hydrogens (primary N) is 1. The Morgan fingerprint density at radius 2 is 2.15 bits per heavy atom. The van der Waals surface area contributed by atoms with Gasteiger partial charge in [0.15, 0.2) is 11.3 Å². The van der Waals surface area contributed by atoms with Crippen LogP contribution in [0.2, 0.25) is 0 Å². The summed E-state index contributed by atoms with van der Waals surface area (Å²) in [7, 11) is 0. The van der Waals surface area contributed by atoms with Crippen LogP contribution in [0.5, 0.6) is 0 Å². The lowest BCUT2D eigenvalue weighted by molar-refractivity contribution is -0.148. The zero-order chi connectivity index (χ0) is 14.9. The van der Waals surface area contributed by atoms with E-state index in [2.05, 4.69) is 5.16 Å².